The van der Waals surface area contributed by atoms with Gasteiger partial charge in [0.25, 0.3) is 0 Å². The maximum atomic E-state index is 2.47. The second-order valence-electron chi connectivity index (χ2n) is 8.93. The van der Waals surface area contributed by atoms with Crippen LogP contribution in [0.5, 0.6) is 0 Å². The fraction of sp³-hybridized carbons (Fsp3) is 1.00. The highest BCUT2D eigenvalue weighted by atomic mass is 14.1. The first-order valence-electron chi connectivity index (χ1n) is 12.2. The molecule has 152 valence electrons. The zero-order valence-corrected chi connectivity index (χ0v) is 18.6. The van der Waals surface area contributed by atoms with Crippen molar-refractivity contribution in [3.05, 3.63) is 0 Å². The highest BCUT2D eigenvalue weighted by molar-refractivity contribution is 4.57. The number of hydrogen-bond acceptors (Lipinski definition) is 0. The molecule has 2 unspecified atom stereocenters. The molecule has 0 aliphatic rings. The smallest absolute Gasteiger partial charge is 0.0443 e. The van der Waals surface area contributed by atoms with Crippen LogP contribution in [0.25, 0.3) is 0 Å². The molecule has 0 heteroatoms. The van der Waals surface area contributed by atoms with E-state index in [1.165, 1.54) is 122 Å². The largest absolute Gasteiger partial charge is 0.0654 e. The number of hydrogen-bond donors (Lipinski definition) is 0. The van der Waals surface area contributed by atoms with Crippen molar-refractivity contribution >= 4 is 0 Å². The summed E-state index contributed by atoms with van der Waals surface area (Å²) < 4.78 is 0. The third-order valence-corrected chi connectivity index (χ3v) is 6.14. The normalized spacial score (nSPS) is 13.9. The molecule has 0 saturated carbocycles. The summed E-state index contributed by atoms with van der Waals surface area (Å²) in [4.78, 5) is 0. The summed E-state index contributed by atoms with van der Waals surface area (Å²) in [5, 5.41) is 0. The van der Waals surface area contributed by atoms with E-state index in [4.69, 9.17) is 0 Å². The molecule has 25 heavy (non-hydrogen) atoms. The minimum absolute atomic E-state index is 0.938. The van der Waals surface area contributed by atoms with Crippen LogP contribution in [0, 0.1) is 11.8 Å². The van der Waals surface area contributed by atoms with Crippen LogP contribution < -0.4 is 0 Å². The lowest BCUT2D eigenvalue weighted by atomic mass is 9.93. The van der Waals surface area contributed by atoms with Gasteiger partial charge in [0.1, 0.15) is 0 Å². The quantitative estimate of drug-likeness (QED) is 0.191. The van der Waals surface area contributed by atoms with E-state index in [2.05, 4.69) is 27.7 Å². The topological polar surface area (TPSA) is 0 Å². The predicted octanol–water partition coefficient (Wildman–Crippen LogP) is 9.71. The van der Waals surface area contributed by atoms with Gasteiger partial charge in [0, 0.05) is 0 Å². The predicted molar refractivity (Wildman–Crippen MR) is 117 cm³/mol. The van der Waals surface area contributed by atoms with Gasteiger partial charge in [0.2, 0.25) is 0 Å². The second-order valence-corrected chi connectivity index (χ2v) is 8.93. The van der Waals surface area contributed by atoms with Gasteiger partial charge in [-0.2, -0.15) is 0 Å². The monoisotopic (exact) mass is 352 g/mol. The first-order valence-corrected chi connectivity index (χ1v) is 12.2. The van der Waals surface area contributed by atoms with Gasteiger partial charge in [-0.25, -0.2) is 0 Å². The summed E-state index contributed by atoms with van der Waals surface area (Å²) >= 11 is 0. The van der Waals surface area contributed by atoms with Gasteiger partial charge in [-0.05, 0) is 11.8 Å². The zero-order valence-electron chi connectivity index (χ0n) is 18.6. The van der Waals surface area contributed by atoms with Crippen molar-refractivity contribution in [3.8, 4) is 0 Å². The SMILES string of the molecule is CCCCCCCCCCCCCCCCC(C)CCCC(C)CC. The summed E-state index contributed by atoms with van der Waals surface area (Å²) in [6.07, 6.45) is 27.8. The van der Waals surface area contributed by atoms with Crippen LogP contribution in [0.2, 0.25) is 0 Å². The molecule has 0 fully saturated rings. The number of rotatable bonds is 20. The second kappa shape index (κ2) is 20.3. The van der Waals surface area contributed by atoms with Crippen LogP contribution in [0.4, 0.5) is 0 Å². The van der Waals surface area contributed by atoms with E-state index in [1.807, 2.05) is 0 Å². The summed E-state index contributed by atoms with van der Waals surface area (Å²) in [7, 11) is 0. The van der Waals surface area contributed by atoms with Crippen LogP contribution in [0.1, 0.15) is 150 Å². The average molecular weight is 353 g/mol. The highest BCUT2D eigenvalue weighted by Crippen LogP contribution is 2.20. The van der Waals surface area contributed by atoms with E-state index in [1.54, 1.807) is 0 Å². The molecule has 0 rings (SSSR count). The molecule has 0 radical (unpaired) electrons. The van der Waals surface area contributed by atoms with Crippen molar-refractivity contribution in [3.63, 3.8) is 0 Å². The fourth-order valence-corrected chi connectivity index (χ4v) is 3.85. The van der Waals surface area contributed by atoms with Gasteiger partial charge in [-0.1, -0.05) is 150 Å². The molecule has 0 heterocycles. The van der Waals surface area contributed by atoms with Crippen molar-refractivity contribution in [1.82, 2.24) is 0 Å². The molecular weight excluding hydrogens is 300 g/mol. The van der Waals surface area contributed by atoms with Crippen molar-refractivity contribution in [2.24, 2.45) is 11.8 Å². The van der Waals surface area contributed by atoms with E-state index in [0.29, 0.717) is 0 Å². The molecule has 0 saturated heterocycles. The van der Waals surface area contributed by atoms with Gasteiger partial charge in [0.15, 0.2) is 0 Å². The van der Waals surface area contributed by atoms with Crippen LogP contribution in [-0.2, 0) is 0 Å². The Kier molecular flexibility index (Phi) is 20.3. The zero-order chi connectivity index (χ0) is 18.6. The summed E-state index contributed by atoms with van der Waals surface area (Å²) in [6.45, 7) is 9.50. The van der Waals surface area contributed by atoms with Crippen LogP contribution in [0.15, 0.2) is 0 Å². The third-order valence-electron chi connectivity index (χ3n) is 6.14. The molecule has 0 aromatic rings. The first-order chi connectivity index (χ1) is 12.2. The molecule has 0 N–H and O–H groups in total. The maximum absolute atomic E-state index is 2.47. The van der Waals surface area contributed by atoms with E-state index in [-0.39, 0.29) is 0 Å². The molecule has 0 aliphatic heterocycles. The fourth-order valence-electron chi connectivity index (χ4n) is 3.85. The van der Waals surface area contributed by atoms with Crippen molar-refractivity contribution in [2.75, 3.05) is 0 Å². The molecule has 0 aliphatic carbocycles. The Morgan fingerprint density at radius 2 is 0.760 bits per heavy atom. The Bertz CT molecular complexity index is 232. The van der Waals surface area contributed by atoms with Gasteiger partial charge >= 0.3 is 0 Å². The Balaban J connectivity index is 3.13. The lowest BCUT2D eigenvalue weighted by Crippen LogP contribution is -1.98. The molecule has 2 atom stereocenters. The van der Waals surface area contributed by atoms with Crippen LogP contribution >= 0.6 is 0 Å². The van der Waals surface area contributed by atoms with Crippen LogP contribution in [0.3, 0.4) is 0 Å². The molecule has 0 nitrogen and oxygen atoms in total. The summed E-state index contributed by atoms with van der Waals surface area (Å²) in [5.74, 6) is 1.90. The van der Waals surface area contributed by atoms with E-state index in [9.17, 15) is 0 Å². The number of unbranched alkanes of at least 4 members (excludes halogenated alkanes) is 13. The Hall–Kier alpha value is 0. The van der Waals surface area contributed by atoms with Crippen molar-refractivity contribution in [1.29, 1.82) is 0 Å². The maximum Gasteiger partial charge on any atom is -0.0443 e. The third kappa shape index (κ3) is 20.2. The van der Waals surface area contributed by atoms with E-state index in [0.717, 1.165) is 11.8 Å². The molecule has 0 aromatic carbocycles. The molecule has 0 amide bonds. The van der Waals surface area contributed by atoms with E-state index < -0.39 is 0 Å². The van der Waals surface area contributed by atoms with E-state index >= 15 is 0 Å². The molecule has 0 bridgehead atoms. The van der Waals surface area contributed by atoms with Crippen molar-refractivity contribution < 1.29 is 0 Å². The lowest BCUT2D eigenvalue weighted by Gasteiger charge is -2.13. The lowest BCUT2D eigenvalue weighted by molar-refractivity contribution is 0.405. The standard InChI is InChI=1S/C25H52/c1-5-7-8-9-10-11-12-13-14-15-16-17-18-19-21-25(4)23-20-22-24(3)6-2/h24-25H,5-23H2,1-4H3. The average Bonchev–Trinajstić information content (AvgIpc) is 2.61. The Morgan fingerprint density at radius 3 is 1.20 bits per heavy atom. The minimum atomic E-state index is 0.938. The summed E-state index contributed by atoms with van der Waals surface area (Å²) in [6, 6.07) is 0. The Morgan fingerprint density at radius 1 is 0.400 bits per heavy atom. The van der Waals surface area contributed by atoms with Gasteiger partial charge in [0.05, 0.1) is 0 Å². The molecule has 0 aromatic heterocycles. The van der Waals surface area contributed by atoms with Gasteiger partial charge in [-0.3, -0.25) is 0 Å². The first kappa shape index (κ1) is 25.0. The Labute approximate surface area is 161 Å². The summed E-state index contributed by atoms with van der Waals surface area (Å²) in [5.41, 5.74) is 0. The molecule has 0 spiro atoms. The minimum Gasteiger partial charge on any atom is -0.0654 e. The van der Waals surface area contributed by atoms with Crippen molar-refractivity contribution in [2.45, 2.75) is 150 Å². The van der Waals surface area contributed by atoms with Gasteiger partial charge in [-0.15, -0.1) is 0 Å². The van der Waals surface area contributed by atoms with Crippen LogP contribution in [-0.4, -0.2) is 0 Å². The van der Waals surface area contributed by atoms with Gasteiger partial charge < -0.3 is 0 Å². The molecular formula is C25H52. The highest BCUT2D eigenvalue weighted by Gasteiger charge is 2.04.